The molecule has 0 unspecified atom stereocenters. The van der Waals surface area contributed by atoms with E-state index < -0.39 is 5.91 Å². The standard InChI is InChI=1S/C20H21N5O4/c1-3-29-15-6-4-14(5-7-15)16-8-11-19(27)25(23-16)13-12-21-20(28)17-9-10-18(26)24(2)22-17/h4-11H,3,12-13H2,1-2H3,(H,21,28). The van der Waals surface area contributed by atoms with Crippen molar-refractivity contribution in [2.75, 3.05) is 13.2 Å². The highest BCUT2D eigenvalue weighted by Crippen LogP contribution is 2.19. The van der Waals surface area contributed by atoms with Crippen molar-refractivity contribution in [3.63, 3.8) is 0 Å². The third-order valence-corrected chi connectivity index (χ3v) is 4.13. The molecule has 0 atom stereocenters. The van der Waals surface area contributed by atoms with E-state index in [9.17, 15) is 14.4 Å². The van der Waals surface area contributed by atoms with E-state index in [1.807, 2.05) is 31.2 Å². The minimum Gasteiger partial charge on any atom is -0.494 e. The molecule has 0 spiro atoms. The summed E-state index contributed by atoms with van der Waals surface area (Å²) in [6.07, 6.45) is 0. The van der Waals surface area contributed by atoms with Crippen LogP contribution in [0.1, 0.15) is 17.4 Å². The number of ether oxygens (including phenoxy) is 1. The van der Waals surface area contributed by atoms with Gasteiger partial charge in [0.2, 0.25) is 0 Å². The summed E-state index contributed by atoms with van der Waals surface area (Å²) < 4.78 is 7.80. The molecular weight excluding hydrogens is 374 g/mol. The van der Waals surface area contributed by atoms with Gasteiger partial charge in [-0.2, -0.15) is 10.2 Å². The van der Waals surface area contributed by atoms with Crippen molar-refractivity contribution in [2.24, 2.45) is 7.05 Å². The topological polar surface area (TPSA) is 108 Å². The smallest absolute Gasteiger partial charge is 0.271 e. The molecule has 9 nitrogen and oxygen atoms in total. The van der Waals surface area contributed by atoms with Gasteiger partial charge in [-0.15, -0.1) is 0 Å². The highest BCUT2D eigenvalue weighted by atomic mass is 16.5. The van der Waals surface area contributed by atoms with Crippen LogP contribution in [0.5, 0.6) is 5.75 Å². The maximum Gasteiger partial charge on any atom is 0.271 e. The maximum atomic E-state index is 12.1. The van der Waals surface area contributed by atoms with Crippen molar-refractivity contribution in [1.29, 1.82) is 0 Å². The van der Waals surface area contributed by atoms with E-state index in [0.717, 1.165) is 16.0 Å². The lowest BCUT2D eigenvalue weighted by atomic mass is 10.1. The van der Waals surface area contributed by atoms with Crippen molar-refractivity contribution < 1.29 is 9.53 Å². The van der Waals surface area contributed by atoms with Crippen LogP contribution in [0, 0.1) is 0 Å². The van der Waals surface area contributed by atoms with E-state index in [4.69, 9.17) is 4.74 Å². The van der Waals surface area contributed by atoms with Gasteiger partial charge in [-0.25, -0.2) is 9.36 Å². The maximum absolute atomic E-state index is 12.1. The van der Waals surface area contributed by atoms with Crippen molar-refractivity contribution in [3.8, 4) is 17.0 Å². The summed E-state index contributed by atoms with van der Waals surface area (Å²) >= 11 is 0. The van der Waals surface area contributed by atoms with Gasteiger partial charge in [-0.3, -0.25) is 14.4 Å². The Hall–Kier alpha value is -3.75. The third kappa shape index (κ3) is 4.95. The number of rotatable bonds is 7. The highest BCUT2D eigenvalue weighted by Gasteiger charge is 2.09. The van der Waals surface area contributed by atoms with Gasteiger partial charge in [0.05, 0.1) is 18.8 Å². The second kappa shape index (κ2) is 8.96. The lowest BCUT2D eigenvalue weighted by Crippen LogP contribution is -2.33. The first-order valence-electron chi connectivity index (χ1n) is 9.12. The lowest BCUT2D eigenvalue weighted by Gasteiger charge is -2.09. The van der Waals surface area contributed by atoms with Gasteiger partial charge in [0.15, 0.2) is 0 Å². The van der Waals surface area contributed by atoms with E-state index >= 15 is 0 Å². The fourth-order valence-electron chi connectivity index (χ4n) is 2.64. The molecule has 1 aromatic carbocycles. The third-order valence-electron chi connectivity index (χ3n) is 4.13. The van der Waals surface area contributed by atoms with Gasteiger partial charge in [0, 0.05) is 31.3 Å². The number of benzene rings is 1. The Morgan fingerprint density at radius 2 is 1.72 bits per heavy atom. The van der Waals surface area contributed by atoms with Gasteiger partial charge in [0.25, 0.3) is 17.0 Å². The molecule has 3 rings (SSSR count). The number of nitrogens with one attached hydrogen (secondary N) is 1. The predicted octanol–water partition coefficient (Wildman–Crippen LogP) is 0.833. The summed E-state index contributed by atoms with van der Waals surface area (Å²) in [6, 6.07) is 13.1. The molecule has 0 radical (unpaired) electrons. The largest absolute Gasteiger partial charge is 0.494 e. The summed E-state index contributed by atoms with van der Waals surface area (Å²) in [5.41, 5.74) is 1.03. The van der Waals surface area contributed by atoms with E-state index in [1.54, 1.807) is 6.07 Å². The quantitative estimate of drug-likeness (QED) is 0.635. The number of nitrogens with zero attached hydrogens (tertiary/aromatic N) is 4. The van der Waals surface area contributed by atoms with Crippen LogP contribution in [-0.2, 0) is 13.6 Å². The minimum atomic E-state index is -0.434. The van der Waals surface area contributed by atoms with Crippen molar-refractivity contribution >= 4 is 5.91 Å². The zero-order valence-corrected chi connectivity index (χ0v) is 16.2. The average Bonchev–Trinajstić information content (AvgIpc) is 2.72. The predicted molar refractivity (Wildman–Crippen MR) is 107 cm³/mol. The highest BCUT2D eigenvalue weighted by molar-refractivity contribution is 5.91. The van der Waals surface area contributed by atoms with Gasteiger partial charge in [-0.1, -0.05) is 0 Å². The molecule has 0 aliphatic heterocycles. The zero-order chi connectivity index (χ0) is 20.8. The van der Waals surface area contributed by atoms with E-state index in [2.05, 4.69) is 15.5 Å². The summed E-state index contributed by atoms with van der Waals surface area (Å²) in [7, 11) is 1.47. The minimum absolute atomic E-state index is 0.121. The average molecular weight is 395 g/mol. The molecule has 9 heteroatoms. The molecule has 1 amide bonds. The molecule has 0 bridgehead atoms. The summed E-state index contributed by atoms with van der Waals surface area (Å²) in [6.45, 7) is 2.88. The molecule has 150 valence electrons. The number of carbonyl (C=O) groups excluding carboxylic acids is 1. The first-order valence-corrected chi connectivity index (χ1v) is 9.12. The first-order chi connectivity index (χ1) is 14.0. The molecule has 0 aliphatic rings. The summed E-state index contributed by atoms with van der Waals surface area (Å²) in [5.74, 6) is 0.329. The fraction of sp³-hybridized carbons (Fsp3) is 0.250. The molecule has 3 aromatic rings. The van der Waals surface area contributed by atoms with Crippen molar-refractivity contribution in [2.45, 2.75) is 13.5 Å². The number of aromatic nitrogens is 4. The van der Waals surface area contributed by atoms with Crippen molar-refractivity contribution in [1.82, 2.24) is 24.9 Å². The summed E-state index contributed by atoms with van der Waals surface area (Å²) in [5, 5.41) is 10.9. The van der Waals surface area contributed by atoms with E-state index in [0.29, 0.717) is 12.3 Å². The molecule has 1 N–H and O–H groups in total. The SMILES string of the molecule is CCOc1ccc(-c2ccc(=O)n(CCNC(=O)c3ccc(=O)n(C)n3)n2)cc1. The van der Waals surface area contributed by atoms with Crippen molar-refractivity contribution in [3.05, 3.63) is 74.9 Å². The number of hydrogen-bond donors (Lipinski definition) is 1. The molecule has 0 aliphatic carbocycles. The fourth-order valence-corrected chi connectivity index (χ4v) is 2.64. The lowest BCUT2D eigenvalue weighted by molar-refractivity contribution is 0.0944. The molecule has 2 aromatic heterocycles. The van der Waals surface area contributed by atoms with Crippen LogP contribution in [0.4, 0.5) is 0 Å². The Morgan fingerprint density at radius 3 is 2.41 bits per heavy atom. The summed E-state index contributed by atoms with van der Waals surface area (Å²) in [4.78, 5) is 35.6. The first kappa shape index (κ1) is 20.0. The molecular formula is C20H21N5O4. The second-order valence-corrected chi connectivity index (χ2v) is 6.17. The molecule has 0 fully saturated rings. The van der Waals surface area contributed by atoms with Gasteiger partial charge < -0.3 is 10.1 Å². The Balaban J connectivity index is 1.67. The van der Waals surface area contributed by atoms with Crippen LogP contribution < -0.4 is 21.2 Å². The van der Waals surface area contributed by atoms with Crippen LogP contribution in [0.25, 0.3) is 11.3 Å². The van der Waals surface area contributed by atoms with E-state index in [1.165, 1.54) is 29.9 Å². The van der Waals surface area contributed by atoms with Crippen LogP contribution in [0.3, 0.4) is 0 Å². The van der Waals surface area contributed by atoms with Gasteiger partial charge in [-0.05, 0) is 43.3 Å². The molecule has 2 heterocycles. The Morgan fingerprint density at radius 1 is 1.00 bits per heavy atom. The normalized spacial score (nSPS) is 10.6. The van der Waals surface area contributed by atoms with Crippen LogP contribution in [0.15, 0.2) is 58.1 Å². The Labute approximate surface area is 166 Å². The number of aryl methyl sites for hydroxylation is 1. The number of amides is 1. The molecule has 0 saturated carbocycles. The molecule has 0 saturated heterocycles. The molecule has 29 heavy (non-hydrogen) atoms. The Bertz CT molecular complexity index is 1120. The Kier molecular flexibility index (Phi) is 6.18. The van der Waals surface area contributed by atoms with Gasteiger partial charge in [0.1, 0.15) is 11.4 Å². The van der Waals surface area contributed by atoms with Crippen LogP contribution >= 0.6 is 0 Å². The zero-order valence-electron chi connectivity index (χ0n) is 16.2. The van der Waals surface area contributed by atoms with Crippen LogP contribution in [0.2, 0.25) is 0 Å². The number of hydrogen-bond acceptors (Lipinski definition) is 6. The van der Waals surface area contributed by atoms with Crippen LogP contribution in [-0.4, -0.2) is 38.6 Å². The van der Waals surface area contributed by atoms with Gasteiger partial charge >= 0.3 is 0 Å². The monoisotopic (exact) mass is 395 g/mol. The second-order valence-electron chi connectivity index (χ2n) is 6.17. The number of carbonyl (C=O) groups is 1. The van der Waals surface area contributed by atoms with E-state index in [-0.39, 0.29) is 29.9 Å².